The highest BCUT2D eigenvalue weighted by Crippen LogP contribution is 2.29. The molecule has 3 aromatic carbocycles. The molecule has 0 bridgehead atoms. The highest BCUT2D eigenvalue weighted by Gasteiger charge is 2.21. The van der Waals surface area contributed by atoms with Crippen LogP contribution in [-0.4, -0.2) is 24.5 Å². The third-order valence-electron chi connectivity index (χ3n) is 6.08. The summed E-state index contributed by atoms with van der Waals surface area (Å²) in [4.78, 5) is 25.9. The number of fused-ring (bicyclic) bond motifs is 1. The fourth-order valence-corrected chi connectivity index (χ4v) is 6.67. The highest BCUT2D eigenvalue weighted by atomic mass is 32.2. The second kappa shape index (κ2) is 9.88. The van der Waals surface area contributed by atoms with Gasteiger partial charge in [-0.25, -0.2) is 12.8 Å². The van der Waals surface area contributed by atoms with Crippen LogP contribution in [0.3, 0.4) is 0 Å². The number of carbonyl (C=O) groups is 1. The zero-order chi connectivity index (χ0) is 26.2. The van der Waals surface area contributed by atoms with Crippen molar-refractivity contribution in [3.8, 4) is 16.8 Å². The van der Waals surface area contributed by atoms with E-state index in [1.807, 2.05) is 49.4 Å². The molecule has 2 heterocycles. The van der Waals surface area contributed by atoms with E-state index < -0.39 is 27.2 Å². The Balaban J connectivity index is 1.51. The third-order valence-corrected chi connectivity index (χ3v) is 9.25. The summed E-state index contributed by atoms with van der Waals surface area (Å²) in [6.07, 6.45) is 1.40. The molecule has 0 N–H and O–H groups in total. The van der Waals surface area contributed by atoms with Crippen LogP contribution >= 0.6 is 11.3 Å². The van der Waals surface area contributed by atoms with Gasteiger partial charge in [0, 0.05) is 23.6 Å². The Hall–Kier alpha value is -3.88. The molecular formula is C29H22FNO4S2. The number of hydrogen-bond acceptors (Lipinski definition) is 5. The summed E-state index contributed by atoms with van der Waals surface area (Å²) >= 11 is 1.05. The summed E-state index contributed by atoms with van der Waals surface area (Å²) in [7, 11) is -3.73. The summed E-state index contributed by atoms with van der Waals surface area (Å²) in [6, 6.07) is 22.3. The van der Waals surface area contributed by atoms with Crippen molar-refractivity contribution in [1.29, 1.82) is 0 Å². The fourth-order valence-electron chi connectivity index (χ4n) is 4.34. The molecule has 5 rings (SSSR count). The zero-order valence-corrected chi connectivity index (χ0v) is 21.5. The molecule has 0 saturated heterocycles. The van der Waals surface area contributed by atoms with Gasteiger partial charge in [0.2, 0.25) is 0 Å². The van der Waals surface area contributed by atoms with Crippen molar-refractivity contribution < 1.29 is 17.6 Å². The molecule has 2 aromatic heterocycles. The number of rotatable bonds is 7. The molecule has 0 aliphatic heterocycles. The van der Waals surface area contributed by atoms with E-state index in [-0.39, 0.29) is 21.9 Å². The first-order valence-corrected chi connectivity index (χ1v) is 14.0. The number of carbonyl (C=O) groups excluding carboxylic acids is 1. The van der Waals surface area contributed by atoms with Gasteiger partial charge in [0.25, 0.3) is 5.56 Å². The summed E-state index contributed by atoms with van der Waals surface area (Å²) in [6.45, 7) is 1.95. The van der Waals surface area contributed by atoms with Crippen molar-refractivity contribution in [2.24, 2.45) is 0 Å². The lowest BCUT2D eigenvalue weighted by Crippen LogP contribution is -2.20. The standard InChI is InChI=1S/C29H22FNO4S2/c1-19-9-11-23-24(14-19)25(21-6-3-2-4-7-21)17-31(29(23)33)27-12-10-20(16-26(27)30)15-22(32)18-37(34,35)28-8-5-13-36-28/h2-14,16-17H,15,18H2,1H3. The molecule has 0 aliphatic carbocycles. The monoisotopic (exact) mass is 531 g/mol. The minimum Gasteiger partial charge on any atom is -0.298 e. The summed E-state index contributed by atoms with van der Waals surface area (Å²) in [5.74, 6) is -1.87. The Morgan fingerprint density at radius 3 is 2.43 bits per heavy atom. The maximum absolute atomic E-state index is 15.3. The van der Waals surface area contributed by atoms with Crippen molar-refractivity contribution >= 4 is 37.7 Å². The number of nitrogens with zero attached hydrogens (tertiary/aromatic N) is 1. The lowest BCUT2D eigenvalue weighted by Gasteiger charge is -2.14. The van der Waals surface area contributed by atoms with Gasteiger partial charge in [-0.3, -0.25) is 14.2 Å². The highest BCUT2D eigenvalue weighted by molar-refractivity contribution is 7.94. The maximum Gasteiger partial charge on any atom is 0.263 e. The van der Waals surface area contributed by atoms with Gasteiger partial charge in [-0.15, -0.1) is 11.3 Å². The first kappa shape index (κ1) is 24.8. The SMILES string of the molecule is Cc1ccc2c(=O)n(-c3ccc(CC(=O)CS(=O)(=O)c4cccs4)cc3F)cc(-c3ccccc3)c2c1. The van der Waals surface area contributed by atoms with Crippen LogP contribution in [0.2, 0.25) is 0 Å². The largest absolute Gasteiger partial charge is 0.298 e. The number of thiophene rings is 1. The minimum atomic E-state index is -3.73. The van der Waals surface area contributed by atoms with Gasteiger partial charge in [-0.1, -0.05) is 60.2 Å². The van der Waals surface area contributed by atoms with Crippen LogP contribution < -0.4 is 5.56 Å². The molecule has 0 unspecified atom stereocenters. The van der Waals surface area contributed by atoms with Crippen LogP contribution in [0, 0.1) is 12.7 Å². The topological polar surface area (TPSA) is 73.2 Å². The molecule has 0 spiro atoms. The van der Waals surface area contributed by atoms with Gasteiger partial charge in [0.05, 0.1) is 5.69 Å². The van der Waals surface area contributed by atoms with Gasteiger partial charge >= 0.3 is 0 Å². The Morgan fingerprint density at radius 2 is 1.73 bits per heavy atom. The predicted octanol–water partition coefficient (Wildman–Crippen LogP) is 5.75. The second-order valence-corrected chi connectivity index (χ2v) is 12.0. The number of sulfone groups is 1. The first-order chi connectivity index (χ1) is 17.7. The van der Waals surface area contributed by atoms with E-state index in [4.69, 9.17) is 0 Å². The lowest BCUT2D eigenvalue weighted by molar-refractivity contribution is -0.116. The van der Waals surface area contributed by atoms with Crippen molar-refractivity contribution in [3.05, 3.63) is 118 Å². The number of aromatic nitrogens is 1. The van der Waals surface area contributed by atoms with E-state index in [2.05, 4.69) is 0 Å². The Labute approximate surface area is 217 Å². The van der Waals surface area contributed by atoms with Gasteiger partial charge in [0.15, 0.2) is 15.6 Å². The predicted molar refractivity (Wildman–Crippen MR) is 145 cm³/mol. The van der Waals surface area contributed by atoms with E-state index in [1.54, 1.807) is 29.8 Å². The number of halogens is 1. The van der Waals surface area contributed by atoms with Crippen molar-refractivity contribution in [1.82, 2.24) is 4.57 Å². The van der Waals surface area contributed by atoms with Crippen LogP contribution in [0.15, 0.2) is 99.4 Å². The van der Waals surface area contributed by atoms with Gasteiger partial charge in [-0.2, -0.15) is 0 Å². The molecule has 37 heavy (non-hydrogen) atoms. The molecule has 5 aromatic rings. The first-order valence-electron chi connectivity index (χ1n) is 11.5. The van der Waals surface area contributed by atoms with E-state index in [1.165, 1.54) is 22.8 Å². The molecule has 0 radical (unpaired) electrons. The van der Waals surface area contributed by atoms with E-state index in [0.717, 1.165) is 33.4 Å². The Morgan fingerprint density at radius 1 is 0.946 bits per heavy atom. The Bertz CT molecular complexity index is 1790. The molecule has 186 valence electrons. The number of ketones is 1. The number of aryl methyl sites for hydroxylation is 1. The normalized spacial score (nSPS) is 11.6. The molecule has 0 aliphatic rings. The number of benzene rings is 3. The number of hydrogen-bond donors (Lipinski definition) is 0. The quantitative estimate of drug-likeness (QED) is 0.268. The molecule has 0 atom stereocenters. The smallest absolute Gasteiger partial charge is 0.263 e. The van der Waals surface area contributed by atoms with Gasteiger partial charge in [0.1, 0.15) is 15.8 Å². The molecule has 8 heteroatoms. The van der Waals surface area contributed by atoms with Crippen LogP contribution in [0.1, 0.15) is 11.1 Å². The van der Waals surface area contributed by atoms with Crippen LogP contribution in [0.25, 0.3) is 27.6 Å². The lowest BCUT2D eigenvalue weighted by atomic mass is 9.99. The van der Waals surface area contributed by atoms with Crippen molar-refractivity contribution in [2.45, 2.75) is 17.6 Å². The summed E-state index contributed by atoms with van der Waals surface area (Å²) in [5.41, 5.74) is 2.70. The van der Waals surface area contributed by atoms with Crippen LogP contribution in [0.5, 0.6) is 0 Å². The molecular weight excluding hydrogens is 509 g/mol. The van der Waals surface area contributed by atoms with Crippen LogP contribution in [-0.2, 0) is 21.1 Å². The summed E-state index contributed by atoms with van der Waals surface area (Å²) < 4.78 is 41.5. The van der Waals surface area contributed by atoms with E-state index >= 15 is 4.39 Å². The average molecular weight is 532 g/mol. The number of Topliss-reactive ketones (excluding diaryl/α,β-unsaturated/α-hetero) is 1. The average Bonchev–Trinajstić information content (AvgIpc) is 3.41. The molecule has 0 amide bonds. The van der Waals surface area contributed by atoms with Crippen molar-refractivity contribution in [2.75, 3.05) is 5.75 Å². The zero-order valence-electron chi connectivity index (χ0n) is 19.8. The van der Waals surface area contributed by atoms with Gasteiger partial charge < -0.3 is 0 Å². The maximum atomic E-state index is 15.3. The molecule has 5 nitrogen and oxygen atoms in total. The van der Waals surface area contributed by atoms with Gasteiger partial charge in [-0.05, 0) is 53.1 Å². The Kier molecular flexibility index (Phi) is 6.62. The second-order valence-electron chi connectivity index (χ2n) is 8.83. The van der Waals surface area contributed by atoms with E-state index in [9.17, 15) is 18.0 Å². The van der Waals surface area contributed by atoms with E-state index in [0.29, 0.717) is 10.9 Å². The molecule has 0 fully saturated rings. The van der Waals surface area contributed by atoms with Crippen molar-refractivity contribution in [3.63, 3.8) is 0 Å². The number of pyridine rings is 1. The molecule has 0 saturated carbocycles. The summed E-state index contributed by atoms with van der Waals surface area (Å²) in [5, 5.41) is 2.87. The van der Waals surface area contributed by atoms with Crippen LogP contribution in [0.4, 0.5) is 4.39 Å². The third kappa shape index (κ3) is 5.03. The minimum absolute atomic E-state index is 0.0482. The fraction of sp³-hybridized carbons (Fsp3) is 0.103.